The summed E-state index contributed by atoms with van der Waals surface area (Å²) < 4.78 is 10.6. The Morgan fingerprint density at radius 3 is 2.24 bits per heavy atom. The molecule has 1 aliphatic carbocycles. The van der Waals surface area contributed by atoms with E-state index in [-0.39, 0.29) is 12.1 Å². The maximum Gasteiger partial charge on any atom is 0.338 e. The van der Waals surface area contributed by atoms with Gasteiger partial charge in [-0.1, -0.05) is 40.2 Å². The second-order valence-electron chi connectivity index (χ2n) is 5.99. The van der Waals surface area contributed by atoms with Gasteiger partial charge >= 0.3 is 11.9 Å². The minimum atomic E-state index is -0.524. The molecule has 0 aliphatic heterocycles. The molecule has 1 aromatic carbocycles. The van der Waals surface area contributed by atoms with Crippen LogP contribution in [0.5, 0.6) is 5.75 Å². The highest BCUT2D eigenvalue weighted by atomic mass is 16.5. The standard InChI is InChI=1S/C19H24O4.C2H6/c1-3-5-14-6-10-17(11-7-14)23-19(21)15-8-12-16(13-9-15)22-18(20)4-2;1-2/h4,8-9,12-14,17H,2-3,5-7,10-11H2,1H3;1-2H3. The fourth-order valence-corrected chi connectivity index (χ4v) is 2.98. The molecule has 1 aliphatic rings. The predicted octanol–water partition coefficient (Wildman–Crippen LogP) is 5.32. The molecule has 0 spiro atoms. The summed E-state index contributed by atoms with van der Waals surface area (Å²) in [6.45, 7) is 9.55. The zero-order chi connectivity index (χ0) is 18.7. The monoisotopic (exact) mass is 346 g/mol. The molecule has 0 saturated heterocycles. The molecule has 138 valence electrons. The lowest BCUT2D eigenvalue weighted by atomic mass is 9.85. The van der Waals surface area contributed by atoms with Gasteiger partial charge in [0.1, 0.15) is 11.9 Å². The second kappa shape index (κ2) is 11.5. The Morgan fingerprint density at radius 1 is 1.12 bits per heavy atom. The van der Waals surface area contributed by atoms with Crippen molar-refractivity contribution in [3.63, 3.8) is 0 Å². The molecule has 25 heavy (non-hydrogen) atoms. The van der Waals surface area contributed by atoms with Crippen LogP contribution in [0.25, 0.3) is 0 Å². The molecule has 0 unspecified atom stereocenters. The number of carbonyl (C=O) groups is 2. The van der Waals surface area contributed by atoms with E-state index in [9.17, 15) is 9.59 Å². The second-order valence-corrected chi connectivity index (χ2v) is 5.99. The Bertz CT molecular complexity index is 540. The van der Waals surface area contributed by atoms with Crippen molar-refractivity contribution in [2.24, 2.45) is 5.92 Å². The molecule has 4 nitrogen and oxygen atoms in total. The van der Waals surface area contributed by atoms with Crippen LogP contribution < -0.4 is 4.74 Å². The van der Waals surface area contributed by atoms with E-state index in [0.717, 1.165) is 37.7 Å². The van der Waals surface area contributed by atoms with Gasteiger partial charge in [-0.2, -0.15) is 0 Å². The first kappa shape index (κ1) is 20.9. The van der Waals surface area contributed by atoms with E-state index < -0.39 is 5.97 Å². The van der Waals surface area contributed by atoms with Crippen molar-refractivity contribution in [3.8, 4) is 5.75 Å². The van der Waals surface area contributed by atoms with Crippen LogP contribution >= 0.6 is 0 Å². The van der Waals surface area contributed by atoms with Gasteiger partial charge in [0.2, 0.25) is 0 Å². The van der Waals surface area contributed by atoms with Crippen molar-refractivity contribution in [2.75, 3.05) is 0 Å². The first-order valence-corrected chi connectivity index (χ1v) is 9.27. The van der Waals surface area contributed by atoms with E-state index in [4.69, 9.17) is 9.47 Å². The lowest BCUT2D eigenvalue weighted by Crippen LogP contribution is -2.24. The number of carbonyl (C=O) groups excluding carboxylic acids is 2. The highest BCUT2D eigenvalue weighted by Gasteiger charge is 2.23. The number of ether oxygens (including phenoxy) is 2. The first-order valence-electron chi connectivity index (χ1n) is 9.27. The van der Waals surface area contributed by atoms with Crippen LogP contribution in [-0.2, 0) is 9.53 Å². The zero-order valence-corrected chi connectivity index (χ0v) is 15.6. The zero-order valence-electron chi connectivity index (χ0n) is 15.6. The van der Waals surface area contributed by atoms with Crippen LogP contribution in [0, 0.1) is 5.92 Å². The van der Waals surface area contributed by atoms with Gasteiger partial charge in [0.15, 0.2) is 0 Å². The van der Waals surface area contributed by atoms with E-state index in [1.165, 1.54) is 12.8 Å². The van der Waals surface area contributed by atoms with Crippen molar-refractivity contribution in [2.45, 2.75) is 65.4 Å². The smallest absolute Gasteiger partial charge is 0.338 e. The lowest BCUT2D eigenvalue weighted by Gasteiger charge is -2.28. The van der Waals surface area contributed by atoms with Crippen molar-refractivity contribution in [1.82, 2.24) is 0 Å². The number of benzene rings is 1. The maximum absolute atomic E-state index is 12.2. The van der Waals surface area contributed by atoms with Crippen LogP contribution in [0.3, 0.4) is 0 Å². The number of esters is 2. The molecule has 1 saturated carbocycles. The summed E-state index contributed by atoms with van der Waals surface area (Å²) >= 11 is 0. The molecule has 0 aromatic heterocycles. The van der Waals surface area contributed by atoms with Gasteiger partial charge in [-0.3, -0.25) is 0 Å². The molecule has 0 amide bonds. The van der Waals surface area contributed by atoms with E-state index >= 15 is 0 Å². The minimum Gasteiger partial charge on any atom is -0.459 e. The summed E-state index contributed by atoms with van der Waals surface area (Å²) in [5.41, 5.74) is 0.471. The van der Waals surface area contributed by atoms with Gasteiger partial charge in [0.25, 0.3) is 0 Å². The van der Waals surface area contributed by atoms with Gasteiger partial charge < -0.3 is 9.47 Å². The van der Waals surface area contributed by atoms with Crippen LogP contribution in [0.2, 0.25) is 0 Å². The Labute approximate surface area is 151 Å². The van der Waals surface area contributed by atoms with E-state index in [1.54, 1.807) is 24.3 Å². The molecular weight excluding hydrogens is 316 g/mol. The summed E-state index contributed by atoms with van der Waals surface area (Å²) in [4.78, 5) is 23.3. The topological polar surface area (TPSA) is 52.6 Å². The van der Waals surface area contributed by atoms with E-state index in [2.05, 4.69) is 13.5 Å². The van der Waals surface area contributed by atoms with Crippen LogP contribution in [0.4, 0.5) is 0 Å². The summed E-state index contributed by atoms with van der Waals surface area (Å²) in [6, 6.07) is 6.37. The average Bonchev–Trinajstić information content (AvgIpc) is 2.65. The number of rotatable bonds is 6. The quantitative estimate of drug-likeness (QED) is 0.397. The van der Waals surface area contributed by atoms with E-state index in [1.807, 2.05) is 13.8 Å². The molecule has 0 N–H and O–H groups in total. The summed E-state index contributed by atoms with van der Waals surface area (Å²) in [5, 5.41) is 0. The van der Waals surface area contributed by atoms with Crippen molar-refractivity contribution >= 4 is 11.9 Å². The average molecular weight is 346 g/mol. The molecule has 0 atom stereocenters. The van der Waals surface area contributed by atoms with Crippen LogP contribution in [0.15, 0.2) is 36.9 Å². The van der Waals surface area contributed by atoms with Gasteiger partial charge in [0.05, 0.1) is 5.56 Å². The van der Waals surface area contributed by atoms with Crippen molar-refractivity contribution in [1.29, 1.82) is 0 Å². The fourth-order valence-electron chi connectivity index (χ4n) is 2.98. The molecule has 1 aromatic rings. The SMILES string of the molecule is C=CC(=O)Oc1ccc(C(=O)OC2CCC(CCC)CC2)cc1.CC. The predicted molar refractivity (Wildman–Crippen MR) is 99.7 cm³/mol. The van der Waals surface area contributed by atoms with Gasteiger partial charge in [-0.15, -0.1) is 0 Å². The Hall–Kier alpha value is -2.10. The van der Waals surface area contributed by atoms with Gasteiger partial charge in [-0.25, -0.2) is 9.59 Å². The molecule has 1 fully saturated rings. The van der Waals surface area contributed by atoms with Crippen LogP contribution in [0.1, 0.15) is 69.7 Å². The Balaban J connectivity index is 0.00000151. The Kier molecular flexibility index (Phi) is 9.60. The van der Waals surface area contributed by atoms with Crippen molar-refractivity contribution in [3.05, 3.63) is 42.5 Å². The first-order chi connectivity index (χ1) is 12.1. The largest absolute Gasteiger partial charge is 0.459 e. The third-order valence-corrected chi connectivity index (χ3v) is 4.24. The van der Waals surface area contributed by atoms with Crippen LogP contribution in [-0.4, -0.2) is 18.0 Å². The summed E-state index contributed by atoms with van der Waals surface area (Å²) in [6.07, 6.45) is 7.79. The highest BCUT2D eigenvalue weighted by Crippen LogP contribution is 2.29. The minimum absolute atomic E-state index is 0.0221. The highest BCUT2D eigenvalue weighted by molar-refractivity contribution is 5.90. The molecule has 0 radical (unpaired) electrons. The number of hydrogen-bond acceptors (Lipinski definition) is 4. The summed E-state index contributed by atoms with van der Waals surface area (Å²) in [7, 11) is 0. The van der Waals surface area contributed by atoms with Gasteiger partial charge in [-0.05, 0) is 55.9 Å². The van der Waals surface area contributed by atoms with E-state index in [0.29, 0.717) is 11.3 Å². The fraction of sp³-hybridized carbons (Fsp3) is 0.524. The third kappa shape index (κ3) is 7.12. The lowest BCUT2D eigenvalue weighted by molar-refractivity contribution is -0.128. The molecule has 0 bridgehead atoms. The summed E-state index contributed by atoms with van der Waals surface area (Å²) in [5.74, 6) is 0.329. The number of hydrogen-bond donors (Lipinski definition) is 0. The Morgan fingerprint density at radius 2 is 1.72 bits per heavy atom. The molecule has 2 rings (SSSR count). The van der Waals surface area contributed by atoms with Crippen molar-refractivity contribution < 1.29 is 19.1 Å². The van der Waals surface area contributed by atoms with Gasteiger partial charge in [0, 0.05) is 6.08 Å². The third-order valence-electron chi connectivity index (χ3n) is 4.24. The normalized spacial score (nSPS) is 19.2. The molecule has 0 heterocycles. The molecule has 4 heteroatoms. The maximum atomic E-state index is 12.2. The molecular formula is C21H30O4.